The van der Waals surface area contributed by atoms with Gasteiger partial charge in [-0.25, -0.2) is 0 Å². The fraction of sp³-hybridized carbons (Fsp3) is 0.286. The zero-order valence-electron chi connectivity index (χ0n) is 13.8. The first-order valence-corrected chi connectivity index (χ1v) is 8.49. The molecule has 0 amide bonds. The van der Waals surface area contributed by atoms with Gasteiger partial charge in [-0.15, -0.1) is 0 Å². The van der Waals surface area contributed by atoms with Crippen molar-refractivity contribution in [2.45, 2.75) is 25.7 Å². The van der Waals surface area contributed by atoms with Crippen LogP contribution >= 0.6 is 0 Å². The molecule has 3 nitrogen and oxygen atoms in total. The van der Waals surface area contributed by atoms with Gasteiger partial charge in [0.15, 0.2) is 0 Å². The summed E-state index contributed by atoms with van der Waals surface area (Å²) < 4.78 is 5.39. The molecule has 3 heteroatoms. The molecule has 0 aliphatic heterocycles. The number of esters is 1. The summed E-state index contributed by atoms with van der Waals surface area (Å²) in [6.45, 7) is 1.96. The number of para-hydroxylation sites is 1. The third kappa shape index (κ3) is 2.71. The van der Waals surface area contributed by atoms with Crippen LogP contribution in [-0.2, 0) is 22.4 Å². The van der Waals surface area contributed by atoms with E-state index in [4.69, 9.17) is 4.74 Å². The maximum atomic E-state index is 11.3. The molecule has 1 N–H and O–H groups in total. The van der Waals surface area contributed by atoms with E-state index in [0.29, 0.717) is 18.4 Å². The van der Waals surface area contributed by atoms with Gasteiger partial charge in [0.2, 0.25) is 0 Å². The first-order valence-electron chi connectivity index (χ1n) is 8.49. The molecule has 122 valence electrons. The summed E-state index contributed by atoms with van der Waals surface area (Å²) in [5.74, 6) is 0.473. The van der Waals surface area contributed by atoms with Gasteiger partial charge in [0.1, 0.15) is 0 Å². The Kier molecular flexibility index (Phi) is 3.85. The lowest BCUT2D eigenvalue weighted by Crippen LogP contribution is -2.28. The third-order valence-corrected chi connectivity index (χ3v) is 5.09. The SMILES string of the molecule is CC(=O)OC[C@@H]1Cc2c([nH]c3ccccc23)C[C@@H]1c1ccccc1. The van der Waals surface area contributed by atoms with Crippen molar-refractivity contribution < 1.29 is 9.53 Å². The predicted octanol–water partition coefficient (Wildman–Crippen LogP) is 4.23. The van der Waals surface area contributed by atoms with Gasteiger partial charge < -0.3 is 9.72 Å². The Morgan fingerprint density at radius 3 is 2.62 bits per heavy atom. The largest absolute Gasteiger partial charge is 0.466 e. The van der Waals surface area contributed by atoms with Crippen LogP contribution < -0.4 is 0 Å². The molecular formula is C21H21NO2. The van der Waals surface area contributed by atoms with Gasteiger partial charge in [0, 0.05) is 29.4 Å². The molecule has 1 heterocycles. The van der Waals surface area contributed by atoms with Gasteiger partial charge in [-0.1, -0.05) is 48.5 Å². The van der Waals surface area contributed by atoms with E-state index in [0.717, 1.165) is 12.8 Å². The smallest absolute Gasteiger partial charge is 0.302 e. The summed E-state index contributed by atoms with van der Waals surface area (Å²) in [6.07, 6.45) is 1.89. The molecule has 1 aliphatic carbocycles. The Morgan fingerprint density at radius 1 is 1.08 bits per heavy atom. The number of carbonyl (C=O) groups excluding carboxylic acids is 1. The van der Waals surface area contributed by atoms with Crippen LogP contribution in [0.4, 0.5) is 0 Å². The van der Waals surface area contributed by atoms with Crippen molar-refractivity contribution in [1.29, 1.82) is 0 Å². The maximum absolute atomic E-state index is 11.3. The van der Waals surface area contributed by atoms with Gasteiger partial charge >= 0.3 is 5.97 Å². The van der Waals surface area contributed by atoms with Crippen LogP contribution in [0.15, 0.2) is 54.6 Å². The summed E-state index contributed by atoms with van der Waals surface area (Å²) in [7, 11) is 0. The van der Waals surface area contributed by atoms with Gasteiger partial charge in [-0.3, -0.25) is 4.79 Å². The van der Waals surface area contributed by atoms with Gasteiger partial charge in [0.05, 0.1) is 6.61 Å². The first-order chi connectivity index (χ1) is 11.7. The third-order valence-electron chi connectivity index (χ3n) is 5.09. The molecule has 2 atom stereocenters. The number of rotatable bonds is 3. The fourth-order valence-corrected chi connectivity index (χ4v) is 3.94. The topological polar surface area (TPSA) is 42.1 Å². The van der Waals surface area contributed by atoms with Crippen LogP contribution in [0.5, 0.6) is 0 Å². The second-order valence-corrected chi connectivity index (χ2v) is 6.62. The molecule has 0 spiro atoms. The molecule has 3 aromatic rings. The fourth-order valence-electron chi connectivity index (χ4n) is 3.94. The predicted molar refractivity (Wildman–Crippen MR) is 95.0 cm³/mol. The molecule has 0 unspecified atom stereocenters. The number of hydrogen-bond donors (Lipinski definition) is 1. The van der Waals surface area contributed by atoms with E-state index < -0.39 is 0 Å². The van der Waals surface area contributed by atoms with Gasteiger partial charge in [0.25, 0.3) is 0 Å². The van der Waals surface area contributed by atoms with E-state index >= 15 is 0 Å². The van der Waals surface area contributed by atoms with Crippen LogP contribution in [0, 0.1) is 5.92 Å². The van der Waals surface area contributed by atoms with E-state index in [1.54, 1.807) is 0 Å². The molecule has 2 aromatic carbocycles. The quantitative estimate of drug-likeness (QED) is 0.734. The minimum absolute atomic E-state index is 0.202. The lowest BCUT2D eigenvalue weighted by molar-refractivity contribution is -0.142. The van der Waals surface area contributed by atoms with Crippen LogP contribution in [0.3, 0.4) is 0 Å². The Labute approximate surface area is 141 Å². The molecule has 1 aliphatic rings. The van der Waals surface area contributed by atoms with Crippen molar-refractivity contribution in [2.24, 2.45) is 5.92 Å². The van der Waals surface area contributed by atoms with Crippen molar-refractivity contribution in [3.63, 3.8) is 0 Å². The summed E-state index contributed by atoms with van der Waals surface area (Å²) in [5.41, 5.74) is 5.22. The van der Waals surface area contributed by atoms with Crippen molar-refractivity contribution in [2.75, 3.05) is 6.61 Å². The minimum atomic E-state index is -0.202. The minimum Gasteiger partial charge on any atom is -0.466 e. The molecule has 0 saturated heterocycles. The number of benzene rings is 2. The van der Waals surface area contributed by atoms with Crippen molar-refractivity contribution in [3.05, 3.63) is 71.4 Å². The number of H-pyrrole nitrogens is 1. The molecule has 0 radical (unpaired) electrons. The standard InChI is InChI=1S/C21H21NO2/c1-14(23)24-13-16-11-19-17-9-5-6-10-20(17)22-21(19)12-18(16)15-7-3-2-4-8-15/h2-10,16,18,22H,11-13H2,1H3/t16-,18+/m0/s1. The van der Waals surface area contributed by atoms with Crippen LogP contribution in [-0.4, -0.2) is 17.6 Å². The second-order valence-electron chi connectivity index (χ2n) is 6.62. The van der Waals surface area contributed by atoms with Crippen molar-refractivity contribution in [1.82, 2.24) is 4.98 Å². The molecule has 0 saturated carbocycles. The Morgan fingerprint density at radius 2 is 1.83 bits per heavy atom. The van der Waals surface area contributed by atoms with E-state index in [-0.39, 0.29) is 5.97 Å². The number of aromatic amines is 1. The number of aromatic nitrogens is 1. The highest BCUT2D eigenvalue weighted by molar-refractivity contribution is 5.85. The number of carbonyl (C=O) groups is 1. The first kappa shape index (κ1) is 15.0. The van der Waals surface area contributed by atoms with E-state index in [1.807, 2.05) is 6.07 Å². The van der Waals surface area contributed by atoms with Gasteiger partial charge in [-0.2, -0.15) is 0 Å². The Balaban J connectivity index is 1.73. The zero-order chi connectivity index (χ0) is 16.5. The van der Waals surface area contributed by atoms with E-state index in [2.05, 4.69) is 53.5 Å². The number of ether oxygens (including phenoxy) is 1. The van der Waals surface area contributed by atoms with Crippen molar-refractivity contribution >= 4 is 16.9 Å². The molecule has 24 heavy (non-hydrogen) atoms. The number of fused-ring (bicyclic) bond motifs is 3. The molecular weight excluding hydrogens is 298 g/mol. The zero-order valence-corrected chi connectivity index (χ0v) is 13.8. The Bertz CT molecular complexity index is 866. The van der Waals surface area contributed by atoms with E-state index in [1.165, 1.54) is 34.6 Å². The van der Waals surface area contributed by atoms with Crippen LogP contribution in [0.25, 0.3) is 10.9 Å². The highest BCUT2D eigenvalue weighted by Crippen LogP contribution is 2.40. The van der Waals surface area contributed by atoms with E-state index in [9.17, 15) is 4.79 Å². The maximum Gasteiger partial charge on any atom is 0.302 e. The summed E-state index contributed by atoms with van der Waals surface area (Å²) in [6, 6.07) is 19.0. The summed E-state index contributed by atoms with van der Waals surface area (Å²) in [4.78, 5) is 14.9. The molecule has 1 aromatic heterocycles. The van der Waals surface area contributed by atoms with Crippen LogP contribution in [0.2, 0.25) is 0 Å². The monoisotopic (exact) mass is 319 g/mol. The van der Waals surface area contributed by atoms with Gasteiger partial charge in [-0.05, 0) is 36.0 Å². The Hall–Kier alpha value is -2.55. The lowest BCUT2D eigenvalue weighted by Gasteiger charge is -2.31. The highest BCUT2D eigenvalue weighted by atomic mass is 16.5. The highest BCUT2D eigenvalue weighted by Gasteiger charge is 2.32. The van der Waals surface area contributed by atoms with Crippen LogP contribution in [0.1, 0.15) is 29.7 Å². The van der Waals surface area contributed by atoms with Crippen molar-refractivity contribution in [3.8, 4) is 0 Å². The summed E-state index contributed by atoms with van der Waals surface area (Å²) >= 11 is 0. The second kappa shape index (κ2) is 6.16. The average Bonchev–Trinajstić information content (AvgIpc) is 2.97. The number of nitrogens with one attached hydrogen (secondary N) is 1. The lowest BCUT2D eigenvalue weighted by atomic mass is 9.74. The normalized spacial score (nSPS) is 19.9. The molecule has 0 bridgehead atoms. The average molecular weight is 319 g/mol. The molecule has 4 rings (SSSR count). The molecule has 0 fully saturated rings. The number of hydrogen-bond acceptors (Lipinski definition) is 2. The summed E-state index contributed by atoms with van der Waals surface area (Å²) in [5, 5.41) is 1.30.